The van der Waals surface area contributed by atoms with Crippen molar-refractivity contribution in [2.24, 2.45) is 5.92 Å². The largest absolute Gasteiger partial charge is 0.296 e. The maximum atomic E-state index is 12.2. The summed E-state index contributed by atoms with van der Waals surface area (Å²) in [5, 5.41) is 0. The molecule has 0 spiro atoms. The number of hydrogen-bond acceptors (Lipinski definition) is 2. The summed E-state index contributed by atoms with van der Waals surface area (Å²) in [5.74, 6) is 1.07. The van der Waals surface area contributed by atoms with E-state index in [-0.39, 0.29) is 5.78 Å². The molecular formula is C15H20BrNO. The Morgan fingerprint density at radius 2 is 2.22 bits per heavy atom. The van der Waals surface area contributed by atoms with E-state index < -0.39 is 0 Å². The molecule has 0 aliphatic heterocycles. The molecule has 0 amide bonds. The van der Waals surface area contributed by atoms with E-state index in [0.717, 1.165) is 35.5 Å². The fourth-order valence-corrected chi connectivity index (χ4v) is 2.57. The zero-order valence-corrected chi connectivity index (χ0v) is 12.4. The predicted octanol–water partition coefficient (Wildman–Crippen LogP) is 3.75. The number of rotatable bonds is 7. The average molecular weight is 310 g/mol. The van der Waals surface area contributed by atoms with Crippen LogP contribution in [0, 0.1) is 5.92 Å². The molecule has 0 unspecified atom stereocenters. The van der Waals surface area contributed by atoms with E-state index in [2.05, 4.69) is 27.8 Å². The Bertz CT molecular complexity index is 415. The first-order valence-electron chi connectivity index (χ1n) is 6.70. The minimum Gasteiger partial charge on any atom is -0.296 e. The Balaban J connectivity index is 1.94. The molecule has 3 heteroatoms. The topological polar surface area (TPSA) is 20.3 Å². The Kier molecular flexibility index (Phi) is 4.95. The molecule has 0 aromatic heterocycles. The lowest BCUT2D eigenvalue weighted by Crippen LogP contribution is -2.32. The van der Waals surface area contributed by atoms with Crippen molar-refractivity contribution in [2.45, 2.75) is 26.2 Å². The molecule has 0 bridgehead atoms. The van der Waals surface area contributed by atoms with Crippen molar-refractivity contribution < 1.29 is 4.79 Å². The first-order chi connectivity index (χ1) is 8.69. The molecule has 2 nitrogen and oxygen atoms in total. The van der Waals surface area contributed by atoms with Crippen molar-refractivity contribution in [2.75, 3.05) is 19.6 Å². The lowest BCUT2D eigenvalue weighted by Gasteiger charge is -2.20. The fraction of sp³-hybridized carbons (Fsp3) is 0.533. The molecule has 0 saturated heterocycles. The second-order valence-electron chi connectivity index (χ2n) is 5.11. The fourth-order valence-electron chi connectivity index (χ4n) is 2.17. The minimum atomic E-state index is 0.227. The first-order valence-corrected chi connectivity index (χ1v) is 7.49. The highest BCUT2D eigenvalue weighted by atomic mass is 79.9. The van der Waals surface area contributed by atoms with Crippen molar-refractivity contribution in [3.63, 3.8) is 0 Å². The van der Waals surface area contributed by atoms with E-state index in [1.54, 1.807) is 0 Å². The number of nitrogens with zero attached hydrogens (tertiary/aromatic N) is 1. The van der Waals surface area contributed by atoms with Crippen LogP contribution in [0.5, 0.6) is 0 Å². The van der Waals surface area contributed by atoms with Gasteiger partial charge < -0.3 is 0 Å². The summed E-state index contributed by atoms with van der Waals surface area (Å²) in [7, 11) is 0. The van der Waals surface area contributed by atoms with E-state index >= 15 is 0 Å². The van der Waals surface area contributed by atoms with Gasteiger partial charge in [-0.1, -0.05) is 35.0 Å². The average Bonchev–Trinajstić information content (AvgIpc) is 3.13. The van der Waals surface area contributed by atoms with E-state index in [9.17, 15) is 4.79 Å². The molecule has 1 aliphatic rings. The lowest BCUT2D eigenvalue weighted by molar-refractivity contribution is 0.0927. The number of carbonyl (C=O) groups is 1. The maximum absolute atomic E-state index is 12.2. The predicted molar refractivity (Wildman–Crippen MR) is 77.9 cm³/mol. The van der Waals surface area contributed by atoms with Gasteiger partial charge in [0.25, 0.3) is 0 Å². The summed E-state index contributed by atoms with van der Waals surface area (Å²) < 4.78 is 0.970. The Labute approximate surface area is 117 Å². The second-order valence-corrected chi connectivity index (χ2v) is 6.03. The van der Waals surface area contributed by atoms with Crippen LogP contribution in [-0.4, -0.2) is 30.3 Å². The highest BCUT2D eigenvalue weighted by Crippen LogP contribution is 2.29. The van der Waals surface area contributed by atoms with E-state index in [0.29, 0.717) is 6.54 Å². The molecule has 1 aliphatic carbocycles. The molecule has 0 N–H and O–H groups in total. The normalized spacial score (nSPS) is 15.1. The number of hydrogen-bond donors (Lipinski definition) is 0. The molecule has 0 heterocycles. The summed E-state index contributed by atoms with van der Waals surface area (Å²) in [6, 6.07) is 7.67. The van der Waals surface area contributed by atoms with Gasteiger partial charge in [-0.15, -0.1) is 0 Å². The number of Topliss-reactive ketones (excluding diaryl/α,β-unsaturated/α-hetero) is 1. The summed E-state index contributed by atoms with van der Waals surface area (Å²) in [6.07, 6.45) is 3.79. The first kappa shape index (κ1) is 13.8. The minimum absolute atomic E-state index is 0.227. The SMILES string of the molecule is CCCN(CC(=O)c1cccc(Br)c1)CC1CC1. The molecule has 18 heavy (non-hydrogen) atoms. The van der Waals surface area contributed by atoms with Crippen molar-refractivity contribution in [1.29, 1.82) is 0 Å². The van der Waals surface area contributed by atoms with E-state index in [1.807, 2.05) is 24.3 Å². The number of carbonyl (C=O) groups excluding carboxylic acids is 1. The van der Waals surface area contributed by atoms with Crippen LogP contribution in [0.1, 0.15) is 36.5 Å². The summed E-state index contributed by atoms with van der Waals surface area (Å²) in [6.45, 7) is 4.84. The van der Waals surface area contributed by atoms with Gasteiger partial charge >= 0.3 is 0 Å². The molecule has 0 atom stereocenters. The Morgan fingerprint density at radius 1 is 1.44 bits per heavy atom. The van der Waals surface area contributed by atoms with E-state index in [4.69, 9.17) is 0 Å². The van der Waals surface area contributed by atoms with Gasteiger partial charge in [0.15, 0.2) is 5.78 Å². The molecule has 1 fully saturated rings. The zero-order chi connectivity index (χ0) is 13.0. The molecular weight excluding hydrogens is 290 g/mol. The van der Waals surface area contributed by atoms with Gasteiger partial charge in [-0.3, -0.25) is 9.69 Å². The molecule has 98 valence electrons. The summed E-state index contributed by atoms with van der Waals surface area (Å²) in [5.41, 5.74) is 0.807. The number of benzene rings is 1. The molecule has 1 aromatic carbocycles. The van der Waals surface area contributed by atoms with Gasteiger partial charge in [-0.2, -0.15) is 0 Å². The van der Waals surface area contributed by atoms with Gasteiger partial charge in [0, 0.05) is 16.6 Å². The Morgan fingerprint density at radius 3 is 2.83 bits per heavy atom. The second kappa shape index (κ2) is 6.48. The van der Waals surface area contributed by atoms with Crippen molar-refractivity contribution >= 4 is 21.7 Å². The maximum Gasteiger partial charge on any atom is 0.176 e. The van der Waals surface area contributed by atoms with Crippen molar-refractivity contribution in [1.82, 2.24) is 4.90 Å². The van der Waals surface area contributed by atoms with Gasteiger partial charge in [-0.05, 0) is 43.9 Å². The van der Waals surface area contributed by atoms with Crippen LogP contribution >= 0.6 is 15.9 Å². The van der Waals surface area contributed by atoms with Crippen LogP contribution in [0.15, 0.2) is 28.7 Å². The third-order valence-corrected chi connectivity index (χ3v) is 3.76. The summed E-state index contributed by atoms with van der Waals surface area (Å²) in [4.78, 5) is 14.5. The van der Waals surface area contributed by atoms with Crippen LogP contribution in [0.2, 0.25) is 0 Å². The van der Waals surface area contributed by atoms with Gasteiger partial charge in [-0.25, -0.2) is 0 Å². The Hall–Kier alpha value is -0.670. The van der Waals surface area contributed by atoms with Crippen LogP contribution < -0.4 is 0 Å². The quantitative estimate of drug-likeness (QED) is 0.715. The van der Waals surface area contributed by atoms with Gasteiger partial charge in [0.1, 0.15) is 0 Å². The van der Waals surface area contributed by atoms with Crippen LogP contribution in [0.4, 0.5) is 0 Å². The monoisotopic (exact) mass is 309 g/mol. The smallest absolute Gasteiger partial charge is 0.176 e. The zero-order valence-electron chi connectivity index (χ0n) is 10.9. The molecule has 1 aromatic rings. The van der Waals surface area contributed by atoms with Gasteiger partial charge in [0.05, 0.1) is 6.54 Å². The number of halogens is 1. The van der Waals surface area contributed by atoms with Crippen molar-refractivity contribution in [3.8, 4) is 0 Å². The standard InChI is InChI=1S/C15H20BrNO/c1-2-8-17(10-12-6-7-12)11-15(18)13-4-3-5-14(16)9-13/h3-5,9,12H,2,6-8,10-11H2,1H3. The third kappa shape index (κ3) is 4.21. The third-order valence-electron chi connectivity index (χ3n) is 3.27. The van der Waals surface area contributed by atoms with Crippen LogP contribution in [-0.2, 0) is 0 Å². The van der Waals surface area contributed by atoms with Crippen molar-refractivity contribution in [3.05, 3.63) is 34.3 Å². The number of ketones is 1. The highest BCUT2D eigenvalue weighted by Gasteiger charge is 2.25. The molecule has 1 saturated carbocycles. The van der Waals surface area contributed by atoms with Crippen LogP contribution in [0.25, 0.3) is 0 Å². The van der Waals surface area contributed by atoms with E-state index in [1.165, 1.54) is 12.8 Å². The lowest BCUT2D eigenvalue weighted by atomic mass is 10.1. The van der Waals surface area contributed by atoms with Gasteiger partial charge in [0.2, 0.25) is 0 Å². The highest BCUT2D eigenvalue weighted by molar-refractivity contribution is 9.10. The van der Waals surface area contributed by atoms with Crippen LogP contribution in [0.3, 0.4) is 0 Å². The molecule has 0 radical (unpaired) electrons. The molecule has 2 rings (SSSR count). The summed E-state index contributed by atoms with van der Waals surface area (Å²) >= 11 is 3.41.